The van der Waals surface area contributed by atoms with Gasteiger partial charge in [0.1, 0.15) is 0 Å². The molecular weight excluding hydrogens is 286 g/mol. The summed E-state index contributed by atoms with van der Waals surface area (Å²) in [6.07, 6.45) is 5.28. The van der Waals surface area contributed by atoms with Crippen molar-refractivity contribution in [3.05, 3.63) is 0 Å². The van der Waals surface area contributed by atoms with Crippen molar-refractivity contribution in [3.63, 3.8) is 0 Å². The molecule has 0 bridgehead atoms. The van der Waals surface area contributed by atoms with Crippen LogP contribution in [-0.2, 0) is 4.79 Å². The molecule has 2 aliphatic carbocycles. The molecule has 0 aliphatic heterocycles. The Morgan fingerprint density at radius 1 is 1.27 bits per heavy atom. The Morgan fingerprint density at radius 3 is 2.41 bits per heavy atom. The first-order chi connectivity index (χ1) is 10.5. The van der Waals surface area contributed by atoms with Crippen LogP contribution in [0.15, 0.2) is 0 Å². The number of urea groups is 1. The molecule has 0 aromatic heterocycles. The molecule has 7 nitrogen and oxygen atoms in total. The van der Waals surface area contributed by atoms with Crippen molar-refractivity contribution >= 4 is 12.0 Å². The van der Waals surface area contributed by atoms with Crippen LogP contribution in [0.2, 0.25) is 0 Å². The van der Waals surface area contributed by atoms with E-state index in [-0.39, 0.29) is 31.3 Å². The molecule has 0 aromatic carbocycles. The van der Waals surface area contributed by atoms with Crippen LogP contribution in [0.3, 0.4) is 0 Å². The number of carbonyl (C=O) groups excluding carboxylic acids is 1. The fraction of sp³-hybridized carbons (Fsp3) is 0.867. The third kappa shape index (κ3) is 4.10. The first kappa shape index (κ1) is 17.0. The molecule has 2 fully saturated rings. The number of rotatable bonds is 7. The van der Waals surface area contributed by atoms with E-state index < -0.39 is 11.5 Å². The summed E-state index contributed by atoms with van der Waals surface area (Å²) in [4.78, 5) is 24.8. The van der Waals surface area contributed by atoms with E-state index in [2.05, 4.69) is 10.6 Å². The monoisotopic (exact) mass is 313 g/mol. The van der Waals surface area contributed by atoms with Crippen molar-refractivity contribution in [1.82, 2.24) is 15.5 Å². The van der Waals surface area contributed by atoms with Crippen molar-refractivity contribution in [3.8, 4) is 0 Å². The Bertz CT molecular complexity index is 404. The third-order valence-electron chi connectivity index (χ3n) is 4.95. The zero-order chi connectivity index (χ0) is 16.2. The molecule has 0 atom stereocenters. The topological polar surface area (TPSA) is 102 Å². The zero-order valence-corrected chi connectivity index (χ0v) is 13.2. The maximum Gasteiger partial charge on any atom is 0.317 e. The highest BCUT2D eigenvalue weighted by atomic mass is 16.4. The summed E-state index contributed by atoms with van der Waals surface area (Å²) in [6, 6.07) is 0.0929. The number of aliphatic carboxylic acids is 1. The molecule has 0 spiro atoms. The zero-order valence-electron chi connectivity index (χ0n) is 13.2. The van der Waals surface area contributed by atoms with E-state index in [1.165, 1.54) is 0 Å². The Balaban J connectivity index is 1.72. The largest absolute Gasteiger partial charge is 0.480 e. The molecule has 2 aliphatic rings. The lowest BCUT2D eigenvalue weighted by atomic mass is 9.85. The van der Waals surface area contributed by atoms with Gasteiger partial charge in [0.05, 0.1) is 18.7 Å². The fourth-order valence-corrected chi connectivity index (χ4v) is 3.51. The summed E-state index contributed by atoms with van der Waals surface area (Å²) in [6.45, 7) is 2.68. The van der Waals surface area contributed by atoms with E-state index in [0.717, 1.165) is 38.5 Å². The van der Waals surface area contributed by atoms with E-state index in [9.17, 15) is 14.7 Å². The van der Waals surface area contributed by atoms with Crippen LogP contribution in [0.4, 0.5) is 4.79 Å². The summed E-state index contributed by atoms with van der Waals surface area (Å²) >= 11 is 0. The second-order valence-corrected chi connectivity index (χ2v) is 6.52. The molecule has 22 heavy (non-hydrogen) atoms. The van der Waals surface area contributed by atoms with Gasteiger partial charge in [-0.25, -0.2) is 4.79 Å². The van der Waals surface area contributed by atoms with Gasteiger partial charge in [-0.05, 0) is 32.2 Å². The predicted molar refractivity (Wildman–Crippen MR) is 81.6 cm³/mol. The molecule has 126 valence electrons. The maximum atomic E-state index is 12.0. The van der Waals surface area contributed by atoms with Gasteiger partial charge in [-0.3, -0.25) is 9.69 Å². The second-order valence-electron chi connectivity index (χ2n) is 6.52. The normalized spacial score (nSPS) is 26.5. The van der Waals surface area contributed by atoms with E-state index >= 15 is 0 Å². The van der Waals surface area contributed by atoms with Gasteiger partial charge in [0, 0.05) is 12.1 Å². The average Bonchev–Trinajstić information content (AvgIpc) is 2.89. The van der Waals surface area contributed by atoms with Crippen LogP contribution in [0.1, 0.15) is 45.4 Å². The van der Waals surface area contributed by atoms with Crippen molar-refractivity contribution in [2.75, 3.05) is 19.7 Å². The molecule has 4 N–H and O–H groups in total. The Hall–Kier alpha value is -1.34. The Morgan fingerprint density at radius 2 is 1.91 bits per heavy atom. The fourth-order valence-electron chi connectivity index (χ4n) is 3.51. The number of likely N-dealkylation sites (N-methyl/N-ethyl adjacent to an activating group) is 1. The van der Waals surface area contributed by atoms with Crippen LogP contribution < -0.4 is 10.6 Å². The van der Waals surface area contributed by atoms with Crippen LogP contribution in [0.25, 0.3) is 0 Å². The first-order valence-electron chi connectivity index (χ1n) is 8.13. The highest BCUT2D eigenvalue weighted by Crippen LogP contribution is 2.29. The summed E-state index contributed by atoms with van der Waals surface area (Å²) in [5, 5.41) is 24.2. The molecule has 2 saturated carbocycles. The number of hydrogen-bond acceptors (Lipinski definition) is 4. The minimum absolute atomic E-state index is 0.0179. The molecule has 2 rings (SSSR count). The smallest absolute Gasteiger partial charge is 0.317 e. The number of nitrogens with one attached hydrogen (secondary N) is 2. The number of hydrogen-bond donors (Lipinski definition) is 4. The van der Waals surface area contributed by atoms with Crippen LogP contribution in [0.5, 0.6) is 0 Å². The molecular formula is C15H27N3O4. The number of amides is 2. The van der Waals surface area contributed by atoms with Crippen LogP contribution in [0, 0.1) is 0 Å². The van der Waals surface area contributed by atoms with Gasteiger partial charge >= 0.3 is 12.0 Å². The predicted octanol–water partition coefficient (Wildman–Crippen LogP) is 0.528. The SMILES string of the molecule is CCN(CC(=O)O)C1CC(NC(=O)NC2(CO)CCCC2)C1. The molecule has 0 saturated heterocycles. The van der Waals surface area contributed by atoms with Gasteiger partial charge in [-0.2, -0.15) is 0 Å². The first-order valence-corrected chi connectivity index (χ1v) is 8.13. The Kier molecular flexibility index (Phi) is 5.63. The van der Waals surface area contributed by atoms with Gasteiger partial charge in [0.25, 0.3) is 0 Å². The van der Waals surface area contributed by atoms with Crippen molar-refractivity contribution in [2.24, 2.45) is 0 Å². The van der Waals surface area contributed by atoms with Gasteiger partial charge in [0.2, 0.25) is 0 Å². The minimum atomic E-state index is -0.817. The number of nitrogens with zero attached hydrogens (tertiary/aromatic N) is 1. The summed E-state index contributed by atoms with van der Waals surface area (Å²) in [5.74, 6) is -0.817. The van der Waals surface area contributed by atoms with Crippen molar-refractivity contribution in [1.29, 1.82) is 0 Å². The molecule has 7 heteroatoms. The summed E-state index contributed by atoms with van der Waals surface area (Å²) in [7, 11) is 0. The van der Waals surface area contributed by atoms with E-state index in [1.54, 1.807) is 0 Å². The lowest BCUT2D eigenvalue weighted by Gasteiger charge is -2.42. The van der Waals surface area contributed by atoms with E-state index in [0.29, 0.717) is 6.54 Å². The number of aliphatic hydroxyl groups excluding tert-OH is 1. The number of carbonyl (C=O) groups is 2. The maximum absolute atomic E-state index is 12.0. The second kappa shape index (κ2) is 7.28. The van der Waals surface area contributed by atoms with Crippen molar-refractivity contribution < 1.29 is 19.8 Å². The molecule has 0 unspecified atom stereocenters. The standard InChI is InChI=1S/C15H27N3O4/c1-2-18(9-13(20)21)12-7-11(8-12)16-14(22)17-15(10-19)5-3-4-6-15/h11-12,19H,2-10H2,1H3,(H,20,21)(H2,16,17,22). The van der Waals surface area contributed by atoms with Gasteiger partial charge < -0.3 is 20.8 Å². The molecule has 2 amide bonds. The van der Waals surface area contributed by atoms with E-state index in [1.807, 2.05) is 11.8 Å². The minimum Gasteiger partial charge on any atom is -0.480 e. The average molecular weight is 313 g/mol. The molecule has 0 aromatic rings. The summed E-state index contributed by atoms with van der Waals surface area (Å²) in [5.41, 5.74) is -0.452. The van der Waals surface area contributed by atoms with Crippen molar-refractivity contribution in [2.45, 2.75) is 63.1 Å². The number of carboxylic acid groups (broad SMARTS) is 1. The third-order valence-corrected chi connectivity index (χ3v) is 4.95. The lowest BCUT2D eigenvalue weighted by Crippen LogP contribution is -2.59. The Labute approximate surface area is 131 Å². The number of carboxylic acids is 1. The molecule has 0 heterocycles. The van der Waals surface area contributed by atoms with Crippen LogP contribution in [-0.4, -0.2) is 64.4 Å². The van der Waals surface area contributed by atoms with Gasteiger partial charge in [-0.15, -0.1) is 0 Å². The highest BCUT2D eigenvalue weighted by molar-refractivity contribution is 5.75. The van der Waals surface area contributed by atoms with Crippen LogP contribution >= 0.6 is 0 Å². The molecule has 0 radical (unpaired) electrons. The highest BCUT2D eigenvalue weighted by Gasteiger charge is 2.38. The quantitative estimate of drug-likeness (QED) is 0.549. The number of aliphatic hydroxyl groups is 1. The lowest BCUT2D eigenvalue weighted by molar-refractivity contribution is -0.139. The van der Waals surface area contributed by atoms with E-state index in [4.69, 9.17) is 5.11 Å². The van der Waals surface area contributed by atoms with Gasteiger partial charge in [-0.1, -0.05) is 19.8 Å². The summed E-state index contributed by atoms with van der Waals surface area (Å²) < 4.78 is 0. The van der Waals surface area contributed by atoms with Gasteiger partial charge in [0.15, 0.2) is 0 Å².